The second-order valence-electron chi connectivity index (χ2n) is 5.51. The molecule has 0 aliphatic heterocycles. The van der Waals surface area contributed by atoms with Crippen molar-refractivity contribution in [3.63, 3.8) is 0 Å². The van der Waals surface area contributed by atoms with Crippen molar-refractivity contribution >= 4 is 5.91 Å². The van der Waals surface area contributed by atoms with Crippen molar-refractivity contribution in [3.05, 3.63) is 29.8 Å². The van der Waals surface area contributed by atoms with E-state index in [9.17, 15) is 4.79 Å². The SMILES string of the molecule is CCc1ccccc1OCC(=O)NC1CCCCCC1. The fourth-order valence-electron chi connectivity index (χ4n) is 2.77. The summed E-state index contributed by atoms with van der Waals surface area (Å²) in [7, 11) is 0. The van der Waals surface area contributed by atoms with Crippen LogP contribution in [-0.2, 0) is 11.2 Å². The van der Waals surface area contributed by atoms with E-state index in [1.807, 2.05) is 24.3 Å². The third-order valence-electron chi connectivity index (χ3n) is 3.93. The van der Waals surface area contributed by atoms with Gasteiger partial charge < -0.3 is 10.1 Å². The van der Waals surface area contributed by atoms with Gasteiger partial charge in [0.05, 0.1) is 0 Å². The van der Waals surface area contributed by atoms with E-state index < -0.39 is 0 Å². The van der Waals surface area contributed by atoms with Gasteiger partial charge in [0.1, 0.15) is 5.75 Å². The number of ether oxygens (including phenoxy) is 1. The van der Waals surface area contributed by atoms with Crippen LogP contribution in [0.5, 0.6) is 5.75 Å². The molecule has 1 amide bonds. The van der Waals surface area contributed by atoms with Crippen LogP contribution in [0.3, 0.4) is 0 Å². The summed E-state index contributed by atoms with van der Waals surface area (Å²) in [6, 6.07) is 8.25. The van der Waals surface area contributed by atoms with Gasteiger partial charge in [0.25, 0.3) is 5.91 Å². The molecule has 0 bridgehead atoms. The van der Waals surface area contributed by atoms with Crippen LogP contribution < -0.4 is 10.1 Å². The third kappa shape index (κ3) is 4.55. The molecule has 1 N–H and O–H groups in total. The highest BCUT2D eigenvalue weighted by Crippen LogP contribution is 2.19. The maximum atomic E-state index is 12.0. The maximum Gasteiger partial charge on any atom is 0.258 e. The van der Waals surface area contributed by atoms with Gasteiger partial charge in [-0.15, -0.1) is 0 Å². The smallest absolute Gasteiger partial charge is 0.258 e. The summed E-state index contributed by atoms with van der Waals surface area (Å²) in [6.45, 7) is 2.21. The van der Waals surface area contributed by atoms with Crippen LogP contribution in [0.25, 0.3) is 0 Å². The van der Waals surface area contributed by atoms with Crippen molar-refractivity contribution in [1.82, 2.24) is 5.32 Å². The molecular formula is C17H25NO2. The molecule has 0 radical (unpaired) electrons. The Morgan fingerprint density at radius 2 is 1.90 bits per heavy atom. The predicted octanol–water partition coefficient (Wildman–Crippen LogP) is 3.47. The molecular weight excluding hydrogens is 250 g/mol. The number of hydrogen-bond donors (Lipinski definition) is 1. The molecule has 3 heteroatoms. The van der Waals surface area contributed by atoms with Crippen molar-refractivity contribution < 1.29 is 9.53 Å². The molecule has 1 aromatic carbocycles. The first-order valence-corrected chi connectivity index (χ1v) is 7.79. The molecule has 0 saturated heterocycles. The molecule has 0 unspecified atom stereocenters. The van der Waals surface area contributed by atoms with Gasteiger partial charge in [-0.05, 0) is 30.9 Å². The second-order valence-corrected chi connectivity index (χ2v) is 5.51. The standard InChI is InChI=1S/C17H25NO2/c1-2-14-9-7-8-12-16(14)20-13-17(19)18-15-10-5-3-4-6-11-15/h7-9,12,15H,2-6,10-11,13H2,1H3,(H,18,19). The fraction of sp³-hybridized carbons (Fsp3) is 0.588. The van der Waals surface area contributed by atoms with Crippen LogP contribution in [0.15, 0.2) is 24.3 Å². The Bertz CT molecular complexity index is 423. The van der Waals surface area contributed by atoms with E-state index in [1.54, 1.807) is 0 Å². The Morgan fingerprint density at radius 1 is 1.20 bits per heavy atom. The van der Waals surface area contributed by atoms with Crippen LogP contribution in [0.4, 0.5) is 0 Å². The number of amides is 1. The van der Waals surface area contributed by atoms with E-state index in [0.717, 1.165) is 30.6 Å². The number of aryl methyl sites for hydroxylation is 1. The summed E-state index contributed by atoms with van der Waals surface area (Å²) >= 11 is 0. The Labute approximate surface area is 121 Å². The highest BCUT2D eigenvalue weighted by molar-refractivity contribution is 5.77. The molecule has 1 aromatic rings. The number of para-hydroxylation sites is 1. The first-order chi connectivity index (χ1) is 9.79. The molecule has 2 rings (SSSR count). The second kappa shape index (κ2) is 7.93. The molecule has 3 nitrogen and oxygen atoms in total. The van der Waals surface area contributed by atoms with Gasteiger partial charge in [-0.25, -0.2) is 0 Å². The van der Waals surface area contributed by atoms with Gasteiger partial charge in [0.2, 0.25) is 0 Å². The number of nitrogens with one attached hydrogen (secondary N) is 1. The number of hydrogen-bond acceptors (Lipinski definition) is 2. The van der Waals surface area contributed by atoms with Gasteiger partial charge in [-0.1, -0.05) is 50.8 Å². The van der Waals surface area contributed by atoms with E-state index in [0.29, 0.717) is 6.04 Å². The normalized spacial score (nSPS) is 16.4. The van der Waals surface area contributed by atoms with Crippen LogP contribution >= 0.6 is 0 Å². The molecule has 20 heavy (non-hydrogen) atoms. The Balaban J connectivity index is 1.79. The molecule has 1 saturated carbocycles. The van der Waals surface area contributed by atoms with Crippen LogP contribution in [0.1, 0.15) is 51.0 Å². The van der Waals surface area contributed by atoms with Crippen molar-refractivity contribution in [2.75, 3.05) is 6.61 Å². The summed E-state index contributed by atoms with van der Waals surface area (Å²) in [5.74, 6) is 0.828. The average molecular weight is 275 g/mol. The molecule has 110 valence electrons. The van der Waals surface area contributed by atoms with E-state index in [4.69, 9.17) is 4.74 Å². The summed E-state index contributed by atoms with van der Waals surface area (Å²) < 4.78 is 5.65. The Hall–Kier alpha value is -1.51. The van der Waals surface area contributed by atoms with Gasteiger partial charge in [0.15, 0.2) is 6.61 Å². The topological polar surface area (TPSA) is 38.3 Å². The highest BCUT2D eigenvalue weighted by atomic mass is 16.5. The lowest BCUT2D eigenvalue weighted by Gasteiger charge is -2.17. The predicted molar refractivity (Wildman–Crippen MR) is 80.9 cm³/mol. The zero-order valence-corrected chi connectivity index (χ0v) is 12.4. The largest absolute Gasteiger partial charge is 0.483 e. The molecule has 0 aromatic heterocycles. The van der Waals surface area contributed by atoms with E-state index >= 15 is 0 Å². The lowest BCUT2D eigenvalue weighted by molar-refractivity contribution is -0.123. The average Bonchev–Trinajstić information content (AvgIpc) is 2.74. The molecule has 0 heterocycles. The molecule has 1 fully saturated rings. The Morgan fingerprint density at radius 3 is 2.60 bits per heavy atom. The first-order valence-electron chi connectivity index (χ1n) is 7.79. The van der Waals surface area contributed by atoms with Crippen molar-refractivity contribution in [2.45, 2.75) is 57.9 Å². The van der Waals surface area contributed by atoms with Crippen molar-refractivity contribution in [1.29, 1.82) is 0 Å². The molecule has 1 aliphatic carbocycles. The highest BCUT2D eigenvalue weighted by Gasteiger charge is 2.15. The van der Waals surface area contributed by atoms with Gasteiger partial charge in [-0.2, -0.15) is 0 Å². The van der Waals surface area contributed by atoms with E-state index in [-0.39, 0.29) is 12.5 Å². The fourth-order valence-corrected chi connectivity index (χ4v) is 2.77. The summed E-state index contributed by atoms with van der Waals surface area (Å²) in [4.78, 5) is 12.0. The van der Waals surface area contributed by atoms with Crippen LogP contribution in [0.2, 0.25) is 0 Å². The van der Waals surface area contributed by atoms with Gasteiger partial charge in [-0.3, -0.25) is 4.79 Å². The summed E-state index contributed by atoms with van der Waals surface area (Å²) in [6.07, 6.45) is 8.18. The quantitative estimate of drug-likeness (QED) is 0.836. The van der Waals surface area contributed by atoms with Crippen molar-refractivity contribution in [3.8, 4) is 5.75 Å². The monoisotopic (exact) mass is 275 g/mol. The minimum Gasteiger partial charge on any atom is -0.483 e. The first kappa shape index (κ1) is 14.9. The van der Waals surface area contributed by atoms with Crippen molar-refractivity contribution in [2.24, 2.45) is 0 Å². The molecule has 0 atom stereocenters. The zero-order chi connectivity index (χ0) is 14.2. The summed E-state index contributed by atoms with van der Waals surface area (Å²) in [5, 5.41) is 3.10. The van der Waals surface area contributed by atoms with E-state index in [1.165, 1.54) is 25.7 Å². The van der Waals surface area contributed by atoms with Crippen LogP contribution in [-0.4, -0.2) is 18.6 Å². The zero-order valence-electron chi connectivity index (χ0n) is 12.4. The summed E-state index contributed by atoms with van der Waals surface area (Å²) in [5.41, 5.74) is 1.15. The lowest BCUT2D eigenvalue weighted by Crippen LogP contribution is -2.37. The maximum absolute atomic E-state index is 12.0. The number of carbonyl (C=O) groups is 1. The van der Waals surface area contributed by atoms with Crippen LogP contribution in [0, 0.1) is 0 Å². The minimum atomic E-state index is 0.00260. The number of carbonyl (C=O) groups excluding carboxylic acids is 1. The van der Waals surface area contributed by atoms with Gasteiger partial charge in [0, 0.05) is 6.04 Å². The lowest BCUT2D eigenvalue weighted by atomic mass is 10.1. The van der Waals surface area contributed by atoms with Gasteiger partial charge >= 0.3 is 0 Å². The minimum absolute atomic E-state index is 0.00260. The number of rotatable bonds is 5. The van der Waals surface area contributed by atoms with E-state index in [2.05, 4.69) is 12.2 Å². The Kier molecular flexibility index (Phi) is 5.90. The number of benzene rings is 1. The molecule has 1 aliphatic rings. The third-order valence-corrected chi connectivity index (χ3v) is 3.93. The molecule has 0 spiro atoms.